The normalized spacial score (nSPS) is 12.5. The Morgan fingerprint density at radius 2 is 0.863 bits per heavy atom. The number of rotatable bonds is 3. The highest BCUT2D eigenvalue weighted by Gasteiger charge is 2.30. The van der Waals surface area contributed by atoms with Crippen molar-refractivity contribution in [1.29, 1.82) is 0 Å². The minimum atomic E-state index is -0.0755. The summed E-state index contributed by atoms with van der Waals surface area (Å²) in [5.74, 6) is 0. The third-order valence-electron chi connectivity index (χ3n) is 10.7. The summed E-state index contributed by atoms with van der Waals surface area (Å²) in [6.45, 7) is 14.2. The van der Waals surface area contributed by atoms with Crippen LogP contribution in [0.1, 0.15) is 52.7 Å². The topological polar surface area (TPSA) is 4.93 Å². The molecule has 1 heterocycles. The molecule has 8 aromatic carbocycles. The van der Waals surface area contributed by atoms with Gasteiger partial charge in [0.2, 0.25) is 0 Å². The van der Waals surface area contributed by atoms with Crippen LogP contribution < -0.4 is 0 Å². The van der Waals surface area contributed by atoms with E-state index in [0.29, 0.717) is 0 Å². The van der Waals surface area contributed by atoms with Gasteiger partial charge in [-0.25, -0.2) is 0 Å². The van der Waals surface area contributed by atoms with Crippen molar-refractivity contribution in [2.24, 2.45) is 0 Å². The molecule has 0 atom stereocenters. The fraction of sp³-hybridized carbons (Fsp3) is 0.160. The Labute approximate surface area is 300 Å². The van der Waals surface area contributed by atoms with Crippen molar-refractivity contribution < 1.29 is 0 Å². The van der Waals surface area contributed by atoms with Crippen LogP contribution in [0.3, 0.4) is 0 Å². The molecule has 0 saturated carbocycles. The quantitative estimate of drug-likeness (QED) is 0.167. The highest BCUT2D eigenvalue weighted by molar-refractivity contribution is 6.16. The highest BCUT2D eigenvalue weighted by Crippen LogP contribution is 2.49. The van der Waals surface area contributed by atoms with Gasteiger partial charge >= 0.3 is 0 Å². The van der Waals surface area contributed by atoms with E-state index < -0.39 is 0 Å². The summed E-state index contributed by atoms with van der Waals surface area (Å²) in [5, 5.41) is 11.7. The third-order valence-corrected chi connectivity index (χ3v) is 10.7. The summed E-state index contributed by atoms with van der Waals surface area (Å²) in [4.78, 5) is 0. The first-order valence-corrected chi connectivity index (χ1v) is 18.2. The van der Waals surface area contributed by atoms with E-state index >= 15 is 0 Å². The van der Waals surface area contributed by atoms with Crippen LogP contribution in [0.5, 0.6) is 0 Å². The number of fused-ring (bicyclic) bond motifs is 5. The second kappa shape index (κ2) is 11.4. The summed E-state index contributed by atoms with van der Waals surface area (Å²) < 4.78 is 2.54. The minimum absolute atomic E-state index is 0.0687. The molecule has 0 fully saturated rings. The van der Waals surface area contributed by atoms with Crippen LogP contribution in [-0.4, -0.2) is 4.57 Å². The number of hydrogen-bond acceptors (Lipinski definition) is 0. The zero-order valence-corrected chi connectivity index (χ0v) is 30.4. The van der Waals surface area contributed by atoms with E-state index in [1.54, 1.807) is 0 Å². The van der Waals surface area contributed by atoms with Crippen LogP contribution in [0.15, 0.2) is 152 Å². The van der Waals surface area contributed by atoms with Gasteiger partial charge < -0.3 is 4.57 Å². The molecule has 1 nitrogen and oxygen atoms in total. The lowest BCUT2D eigenvalue weighted by Crippen LogP contribution is -2.17. The molecular formula is C50H43N. The molecule has 51 heavy (non-hydrogen) atoms. The van der Waals surface area contributed by atoms with Crippen LogP contribution in [-0.2, 0) is 10.8 Å². The van der Waals surface area contributed by atoms with Gasteiger partial charge in [0.25, 0.3) is 0 Å². The maximum atomic E-state index is 2.54. The second-order valence-corrected chi connectivity index (χ2v) is 16.2. The Bertz CT molecular complexity index is 2790. The van der Waals surface area contributed by atoms with Crippen LogP contribution in [0.4, 0.5) is 0 Å². The van der Waals surface area contributed by atoms with E-state index in [2.05, 4.69) is 198 Å². The summed E-state index contributed by atoms with van der Waals surface area (Å²) in [7, 11) is 0. The van der Waals surface area contributed by atoms with Gasteiger partial charge in [0.1, 0.15) is 0 Å². The zero-order chi connectivity index (χ0) is 35.1. The van der Waals surface area contributed by atoms with E-state index in [1.165, 1.54) is 87.5 Å². The Morgan fingerprint density at radius 1 is 0.373 bits per heavy atom. The van der Waals surface area contributed by atoms with E-state index in [4.69, 9.17) is 0 Å². The van der Waals surface area contributed by atoms with Crippen LogP contribution in [0.2, 0.25) is 0 Å². The fourth-order valence-electron chi connectivity index (χ4n) is 8.67. The van der Waals surface area contributed by atoms with Gasteiger partial charge in [0.05, 0.1) is 11.2 Å². The number of aromatic nitrogens is 1. The van der Waals surface area contributed by atoms with Crippen molar-refractivity contribution in [3.63, 3.8) is 0 Å². The van der Waals surface area contributed by atoms with Crippen molar-refractivity contribution >= 4 is 54.0 Å². The van der Waals surface area contributed by atoms with Crippen LogP contribution in [0.25, 0.3) is 82.1 Å². The smallest absolute Gasteiger partial charge is 0.0619 e. The first-order chi connectivity index (χ1) is 24.6. The first-order valence-electron chi connectivity index (χ1n) is 18.2. The molecule has 248 valence electrons. The van der Waals surface area contributed by atoms with Gasteiger partial charge in [0.15, 0.2) is 0 Å². The summed E-state index contributed by atoms with van der Waals surface area (Å²) in [6.07, 6.45) is 0. The average Bonchev–Trinajstić information content (AvgIpc) is 3.45. The molecule has 0 spiro atoms. The van der Waals surface area contributed by atoms with E-state index in [9.17, 15) is 0 Å². The molecule has 1 aromatic heterocycles. The molecule has 9 rings (SSSR count). The Kier molecular flexibility index (Phi) is 7.03. The maximum absolute atomic E-state index is 2.54. The van der Waals surface area contributed by atoms with E-state index in [-0.39, 0.29) is 10.8 Å². The fourth-order valence-corrected chi connectivity index (χ4v) is 8.67. The van der Waals surface area contributed by atoms with E-state index in [1.807, 2.05) is 0 Å². The second-order valence-electron chi connectivity index (χ2n) is 16.2. The SMILES string of the molecule is CC(C)(C)c1c2ccccc2c(C(C)(C)C)c2cc3c(cc12)c(-c1ccccc1)c(-c1ccccc1)n3-c1ccc2cc3ccccc3cc2c1. The molecule has 1 heteroatoms. The highest BCUT2D eigenvalue weighted by atomic mass is 15.0. The van der Waals surface area contributed by atoms with Crippen molar-refractivity contribution in [3.8, 4) is 28.1 Å². The monoisotopic (exact) mass is 657 g/mol. The van der Waals surface area contributed by atoms with Gasteiger partial charge in [-0.1, -0.05) is 157 Å². The molecule has 0 radical (unpaired) electrons. The van der Waals surface area contributed by atoms with Gasteiger partial charge in [-0.2, -0.15) is 0 Å². The molecule has 0 N–H and O–H groups in total. The molecule has 0 aliphatic carbocycles. The van der Waals surface area contributed by atoms with E-state index in [0.717, 1.165) is 5.69 Å². The third kappa shape index (κ3) is 5.06. The Balaban J connectivity index is 1.52. The molecule has 0 aliphatic heterocycles. The molecular weight excluding hydrogens is 615 g/mol. The largest absolute Gasteiger partial charge is 0.309 e. The standard InChI is InChI=1S/C50H43N/c1-49(2,3)46-39-23-15-16-24-40(39)47(50(4,5)6)42-31-44-43(30-41(42)46)45(32-17-9-7-10-18-32)48(33-19-11-8-12-20-33)51(44)38-26-25-36-27-34-21-13-14-22-35(34)28-37(36)29-38/h7-31H,1-6H3. The summed E-state index contributed by atoms with van der Waals surface area (Å²) >= 11 is 0. The molecule has 0 aliphatic rings. The molecule has 0 bridgehead atoms. The predicted octanol–water partition coefficient (Wildman–Crippen LogP) is 14.2. The number of nitrogens with zero attached hydrogens (tertiary/aromatic N) is 1. The Hall–Kier alpha value is -5.66. The lowest BCUT2D eigenvalue weighted by Gasteiger charge is -2.30. The zero-order valence-electron chi connectivity index (χ0n) is 30.4. The van der Waals surface area contributed by atoms with Gasteiger partial charge in [-0.15, -0.1) is 0 Å². The maximum Gasteiger partial charge on any atom is 0.0619 e. The molecule has 0 saturated heterocycles. The number of hydrogen-bond donors (Lipinski definition) is 0. The number of benzene rings is 8. The molecule has 9 aromatic rings. The van der Waals surface area contributed by atoms with Crippen molar-refractivity contribution in [2.45, 2.75) is 52.4 Å². The predicted molar refractivity (Wildman–Crippen MR) is 222 cm³/mol. The van der Waals surface area contributed by atoms with Gasteiger partial charge in [-0.05, 0) is 113 Å². The lowest BCUT2D eigenvalue weighted by atomic mass is 9.74. The first kappa shape index (κ1) is 31.3. The van der Waals surface area contributed by atoms with Crippen LogP contribution >= 0.6 is 0 Å². The van der Waals surface area contributed by atoms with Crippen molar-refractivity contribution in [1.82, 2.24) is 4.57 Å². The average molecular weight is 658 g/mol. The lowest BCUT2D eigenvalue weighted by molar-refractivity contribution is 0.593. The van der Waals surface area contributed by atoms with Crippen molar-refractivity contribution in [3.05, 3.63) is 163 Å². The van der Waals surface area contributed by atoms with Crippen LogP contribution in [0, 0.1) is 0 Å². The van der Waals surface area contributed by atoms with Crippen molar-refractivity contribution in [2.75, 3.05) is 0 Å². The van der Waals surface area contributed by atoms with Gasteiger partial charge in [-0.3, -0.25) is 0 Å². The molecule has 0 unspecified atom stereocenters. The Morgan fingerprint density at radius 3 is 1.45 bits per heavy atom. The summed E-state index contributed by atoms with van der Waals surface area (Å²) in [5.41, 5.74) is 9.96. The minimum Gasteiger partial charge on any atom is -0.309 e. The summed E-state index contributed by atoms with van der Waals surface area (Å²) in [6, 6.07) is 56.4. The molecule has 0 amide bonds. The van der Waals surface area contributed by atoms with Gasteiger partial charge in [0, 0.05) is 16.6 Å².